The number of carbonyl (C=O) groups excluding carboxylic acids is 2. The van der Waals surface area contributed by atoms with E-state index in [0.717, 1.165) is 29.0 Å². The summed E-state index contributed by atoms with van der Waals surface area (Å²) in [7, 11) is 0. The predicted octanol–water partition coefficient (Wildman–Crippen LogP) is 6.19. The zero-order valence-electron chi connectivity index (χ0n) is 17.8. The zero-order valence-corrected chi connectivity index (χ0v) is 18.6. The normalized spacial score (nSPS) is 10.7. The number of imide groups is 1. The quantitative estimate of drug-likeness (QED) is 0.348. The van der Waals surface area contributed by atoms with Gasteiger partial charge in [-0.25, -0.2) is 18.5 Å². The van der Waals surface area contributed by atoms with E-state index in [-0.39, 0.29) is 16.1 Å². The highest BCUT2D eigenvalue weighted by atomic mass is 32.1. The molecule has 0 aliphatic carbocycles. The number of aromatic carboxylic acids is 1. The maximum Gasteiger partial charge on any atom is 0.348 e. The number of carboxylic acid groups (broad SMARTS) is 1. The Balaban J connectivity index is 1.91. The largest absolute Gasteiger partial charge is 0.477 e. The third-order valence-corrected chi connectivity index (χ3v) is 6.23. The van der Waals surface area contributed by atoms with Crippen LogP contribution in [0.5, 0.6) is 0 Å². The van der Waals surface area contributed by atoms with Crippen molar-refractivity contribution in [1.82, 2.24) is 0 Å². The highest BCUT2D eigenvalue weighted by Gasteiger charge is 2.33. The number of thiophene rings is 1. The fourth-order valence-electron chi connectivity index (χ4n) is 3.37. The van der Waals surface area contributed by atoms with Crippen LogP contribution >= 0.6 is 11.3 Å². The van der Waals surface area contributed by atoms with Crippen LogP contribution in [0.25, 0.3) is 10.4 Å². The van der Waals surface area contributed by atoms with E-state index < -0.39 is 35.0 Å². The average molecular weight is 477 g/mol. The fourth-order valence-corrected chi connectivity index (χ4v) is 4.35. The maximum atomic E-state index is 14.5. The summed E-state index contributed by atoms with van der Waals surface area (Å²) in [4.78, 5) is 39.9. The van der Waals surface area contributed by atoms with Gasteiger partial charge in [-0.2, -0.15) is 0 Å². The zero-order chi connectivity index (χ0) is 24.4. The Morgan fingerprint density at radius 3 is 2.15 bits per heavy atom. The predicted molar refractivity (Wildman–Crippen MR) is 125 cm³/mol. The molecule has 0 spiro atoms. The molecule has 4 aromatic rings. The number of nitrogens with zero attached hydrogens (tertiary/aromatic N) is 1. The van der Waals surface area contributed by atoms with Crippen LogP contribution in [-0.2, 0) is 0 Å². The smallest absolute Gasteiger partial charge is 0.348 e. The molecule has 0 atom stereocenters. The summed E-state index contributed by atoms with van der Waals surface area (Å²) in [6.45, 7) is 1.82. The third-order valence-electron chi connectivity index (χ3n) is 5.07. The molecule has 5 nitrogen and oxygen atoms in total. The molecule has 4 rings (SSSR count). The number of halogens is 2. The van der Waals surface area contributed by atoms with Crippen molar-refractivity contribution in [3.8, 4) is 10.4 Å². The van der Waals surface area contributed by atoms with E-state index in [0.29, 0.717) is 21.4 Å². The lowest BCUT2D eigenvalue weighted by atomic mass is 10.1. The Morgan fingerprint density at radius 1 is 0.853 bits per heavy atom. The van der Waals surface area contributed by atoms with Gasteiger partial charge in [0, 0.05) is 16.5 Å². The van der Waals surface area contributed by atoms with Crippen LogP contribution in [0.4, 0.5) is 14.5 Å². The van der Waals surface area contributed by atoms with Crippen molar-refractivity contribution in [3.05, 3.63) is 112 Å². The van der Waals surface area contributed by atoms with Gasteiger partial charge in [0.15, 0.2) is 0 Å². The molecule has 170 valence electrons. The molecule has 8 heteroatoms. The molecule has 2 amide bonds. The van der Waals surface area contributed by atoms with Crippen LogP contribution in [0.1, 0.15) is 36.0 Å². The number of anilines is 1. The van der Waals surface area contributed by atoms with E-state index in [4.69, 9.17) is 0 Å². The topological polar surface area (TPSA) is 74.7 Å². The summed E-state index contributed by atoms with van der Waals surface area (Å²) in [5.41, 5.74) is 0.892. The number of carbonyl (C=O) groups is 3. The Hall–Kier alpha value is -4.17. The highest BCUT2D eigenvalue weighted by Crippen LogP contribution is 2.38. The van der Waals surface area contributed by atoms with E-state index in [2.05, 4.69) is 0 Å². The second kappa shape index (κ2) is 9.36. The summed E-state index contributed by atoms with van der Waals surface area (Å²) < 4.78 is 28.0. The van der Waals surface area contributed by atoms with Gasteiger partial charge in [0.05, 0.1) is 11.3 Å². The van der Waals surface area contributed by atoms with Gasteiger partial charge < -0.3 is 5.11 Å². The van der Waals surface area contributed by atoms with E-state index in [1.54, 1.807) is 42.5 Å². The second-order valence-electron chi connectivity index (χ2n) is 7.43. The third kappa shape index (κ3) is 4.49. The minimum absolute atomic E-state index is 0.102. The Bertz CT molecular complexity index is 1400. The molecule has 0 aliphatic heterocycles. The van der Waals surface area contributed by atoms with Crippen LogP contribution in [0, 0.1) is 18.6 Å². The van der Waals surface area contributed by atoms with E-state index in [1.165, 1.54) is 18.2 Å². The number of amides is 2. The molecule has 0 radical (unpaired) electrons. The first-order valence-corrected chi connectivity index (χ1v) is 10.9. The van der Waals surface area contributed by atoms with Gasteiger partial charge in [0.25, 0.3) is 11.8 Å². The summed E-state index contributed by atoms with van der Waals surface area (Å²) in [6.07, 6.45) is 0. The first kappa shape index (κ1) is 23.0. The number of rotatable bonds is 5. The number of hydrogen-bond donors (Lipinski definition) is 1. The van der Waals surface area contributed by atoms with E-state index in [1.807, 2.05) is 6.92 Å². The molecule has 1 heterocycles. The van der Waals surface area contributed by atoms with Crippen molar-refractivity contribution < 1.29 is 28.3 Å². The van der Waals surface area contributed by atoms with Crippen LogP contribution < -0.4 is 4.90 Å². The van der Waals surface area contributed by atoms with Gasteiger partial charge in [-0.15, -0.1) is 11.3 Å². The van der Waals surface area contributed by atoms with Gasteiger partial charge in [-0.05, 0) is 42.8 Å². The van der Waals surface area contributed by atoms with Crippen LogP contribution in [0.3, 0.4) is 0 Å². The SMILES string of the molecule is Cc1ccc(C(=O)N(C(=O)c2ccc(F)cc2F)c2cc(-c3ccccc3)sc2C(=O)O)cc1. The molecular formula is C26H17F2NO4S. The summed E-state index contributed by atoms with van der Waals surface area (Å²) in [6, 6.07) is 18.9. The fraction of sp³-hybridized carbons (Fsp3) is 0.0385. The molecule has 0 saturated heterocycles. The van der Waals surface area contributed by atoms with Crippen LogP contribution in [0.2, 0.25) is 0 Å². The van der Waals surface area contributed by atoms with E-state index >= 15 is 0 Å². The molecule has 3 aromatic carbocycles. The monoisotopic (exact) mass is 477 g/mol. The molecule has 1 N–H and O–H groups in total. The molecule has 1 aromatic heterocycles. The van der Waals surface area contributed by atoms with Gasteiger partial charge in [0.1, 0.15) is 16.5 Å². The van der Waals surface area contributed by atoms with Crippen molar-refractivity contribution in [3.63, 3.8) is 0 Å². The maximum absolute atomic E-state index is 14.5. The lowest BCUT2D eigenvalue weighted by Gasteiger charge is -2.21. The molecule has 0 unspecified atom stereocenters. The first-order chi connectivity index (χ1) is 16.3. The number of aryl methyl sites for hydroxylation is 1. The average Bonchev–Trinajstić information content (AvgIpc) is 3.25. The standard InChI is InChI=1S/C26H17F2NO4S/c1-15-7-9-17(10-8-15)24(30)29(25(31)19-12-11-18(27)13-20(19)28)21-14-22(34-23(21)26(32)33)16-5-3-2-4-6-16/h2-14H,1H3,(H,32,33). The van der Waals surface area contributed by atoms with Crippen LogP contribution in [-0.4, -0.2) is 22.9 Å². The first-order valence-electron chi connectivity index (χ1n) is 10.1. The minimum Gasteiger partial charge on any atom is -0.477 e. The number of hydrogen-bond acceptors (Lipinski definition) is 4. The van der Waals surface area contributed by atoms with Crippen molar-refractivity contribution in [2.24, 2.45) is 0 Å². The van der Waals surface area contributed by atoms with E-state index in [9.17, 15) is 28.3 Å². The van der Waals surface area contributed by atoms with Crippen molar-refractivity contribution in [2.45, 2.75) is 6.92 Å². The summed E-state index contributed by atoms with van der Waals surface area (Å²) in [5, 5.41) is 9.84. The van der Waals surface area contributed by atoms with Crippen molar-refractivity contribution >= 4 is 34.8 Å². The molecule has 0 bridgehead atoms. The van der Waals surface area contributed by atoms with Gasteiger partial charge in [-0.3, -0.25) is 9.59 Å². The second-order valence-corrected chi connectivity index (χ2v) is 8.48. The molecule has 0 aliphatic rings. The summed E-state index contributed by atoms with van der Waals surface area (Å²) in [5.74, 6) is -5.35. The number of benzene rings is 3. The minimum atomic E-state index is -1.35. The van der Waals surface area contributed by atoms with Crippen LogP contribution in [0.15, 0.2) is 78.9 Å². The lowest BCUT2D eigenvalue weighted by molar-refractivity contribution is 0.0703. The Morgan fingerprint density at radius 2 is 1.53 bits per heavy atom. The van der Waals surface area contributed by atoms with Gasteiger partial charge in [-0.1, -0.05) is 48.0 Å². The Kier molecular flexibility index (Phi) is 6.34. The van der Waals surface area contributed by atoms with Crippen molar-refractivity contribution in [1.29, 1.82) is 0 Å². The van der Waals surface area contributed by atoms with Gasteiger partial charge in [0.2, 0.25) is 0 Å². The highest BCUT2D eigenvalue weighted by molar-refractivity contribution is 7.18. The Labute approximate surface area is 197 Å². The molecule has 0 saturated carbocycles. The molecule has 0 fully saturated rings. The lowest BCUT2D eigenvalue weighted by Crippen LogP contribution is -2.38. The number of carboxylic acids is 1. The van der Waals surface area contributed by atoms with Gasteiger partial charge >= 0.3 is 5.97 Å². The molecular weight excluding hydrogens is 460 g/mol. The molecule has 34 heavy (non-hydrogen) atoms. The van der Waals surface area contributed by atoms with Crippen molar-refractivity contribution in [2.75, 3.05) is 4.90 Å². The summed E-state index contributed by atoms with van der Waals surface area (Å²) >= 11 is 0.884.